The third-order valence-corrected chi connectivity index (χ3v) is 3.91. The van der Waals surface area contributed by atoms with Crippen LogP contribution in [0.5, 0.6) is 11.5 Å². The van der Waals surface area contributed by atoms with Gasteiger partial charge in [0.15, 0.2) is 11.5 Å². The highest BCUT2D eigenvalue weighted by molar-refractivity contribution is 6.02. The van der Waals surface area contributed by atoms with E-state index >= 15 is 0 Å². The van der Waals surface area contributed by atoms with Gasteiger partial charge in [0, 0.05) is 17.3 Å². The number of hydrogen-bond donors (Lipinski definition) is 1. The van der Waals surface area contributed by atoms with Gasteiger partial charge in [-0.15, -0.1) is 0 Å². The second-order valence-corrected chi connectivity index (χ2v) is 5.84. The highest BCUT2D eigenvalue weighted by atomic mass is 16.5. The van der Waals surface area contributed by atoms with Crippen molar-refractivity contribution in [3.05, 3.63) is 96.1 Å². The van der Waals surface area contributed by atoms with Crippen molar-refractivity contribution in [1.82, 2.24) is 0 Å². The van der Waals surface area contributed by atoms with Crippen LogP contribution in [0.4, 0.5) is 5.69 Å². The van der Waals surface area contributed by atoms with Crippen LogP contribution in [0.25, 0.3) is 6.08 Å². The Kier molecular flexibility index (Phi) is 6.26. The van der Waals surface area contributed by atoms with Crippen LogP contribution in [-0.2, 0) is 11.4 Å². The van der Waals surface area contributed by atoms with Gasteiger partial charge >= 0.3 is 0 Å². The van der Waals surface area contributed by atoms with Gasteiger partial charge in [-0.05, 0) is 29.8 Å². The zero-order valence-corrected chi connectivity index (χ0v) is 15.1. The van der Waals surface area contributed by atoms with E-state index in [9.17, 15) is 4.79 Å². The van der Waals surface area contributed by atoms with Crippen LogP contribution in [0.15, 0.2) is 84.9 Å². The van der Waals surface area contributed by atoms with Crippen LogP contribution < -0.4 is 14.8 Å². The number of amides is 1. The van der Waals surface area contributed by atoms with Crippen LogP contribution in [0.2, 0.25) is 0 Å². The maximum absolute atomic E-state index is 12.2. The molecule has 0 unspecified atom stereocenters. The molecule has 0 heterocycles. The summed E-state index contributed by atoms with van der Waals surface area (Å²) < 4.78 is 11.4. The van der Waals surface area contributed by atoms with Crippen LogP contribution in [0.3, 0.4) is 0 Å². The molecule has 27 heavy (non-hydrogen) atoms. The Bertz CT molecular complexity index is 905. The molecule has 1 N–H and O–H groups in total. The molecule has 0 aliphatic carbocycles. The molecule has 0 aromatic heterocycles. The van der Waals surface area contributed by atoms with Crippen LogP contribution >= 0.6 is 0 Å². The Morgan fingerprint density at radius 2 is 1.63 bits per heavy atom. The Balaban J connectivity index is 1.75. The van der Waals surface area contributed by atoms with Crippen LogP contribution in [0.1, 0.15) is 11.1 Å². The topological polar surface area (TPSA) is 47.6 Å². The normalized spacial score (nSPS) is 10.6. The summed E-state index contributed by atoms with van der Waals surface area (Å²) in [6, 6.07) is 24.8. The van der Waals surface area contributed by atoms with E-state index in [0.717, 1.165) is 16.8 Å². The lowest BCUT2D eigenvalue weighted by Gasteiger charge is -2.13. The van der Waals surface area contributed by atoms with Crippen molar-refractivity contribution in [1.29, 1.82) is 0 Å². The summed E-state index contributed by atoms with van der Waals surface area (Å²) in [5.41, 5.74) is 2.58. The second-order valence-electron chi connectivity index (χ2n) is 5.84. The molecular weight excluding hydrogens is 338 g/mol. The lowest BCUT2D eigenvalue weighted by Crippen LogP contribution is -2.07. The maximum Gasteiger partial charge on any atom is 0.248 e. The number of benzene rings is 3. The SMILES string of the molecule is COc1cccc(/C=C/C(=O)Nc2ccccc2)c1OCc1ccccc1. The Morgan fingerprint density at radius 3 is 2.33 bits per heavy atom. The molecule has 0 saturated carbocycles. The number of carbonyl (C=O) groups is 1. The molecule has 0 bridgehead atoms. The van der Waals surface area contributed by atoms with Gasteiger partial charge in [0.05, 0.1) is 7.11 Å². The minimum atomic E-state index is -0.210. The molecule has 0 atom stereocenters. The van der Waals surface area contributed by atoms with Gasteiger partial charge in [0.1, 0.15) is 6.61 Å². The van der Waals surface area contributed by atoms with Crippen molar-refractivity contribution in [2.75, 3.05) is 12.4 Å². The Labute approximate surface area is 159 Å². The van der Waals surface area contributed by atoms with E-state index in [4.69, 9.17) is 9.47 Å². The second kappa shape index (κ2) is 9.25. The maximum atomic E-state index is 12.2. The summed E-state index contributed by atoms with van der Waals surface area (Å²) in [5.74, 6) is 1.02. The quantitative estimate of drug-likeness (QED) is 0.609. The summed E-state index contributed by atoms with van der Waals surface area (Å²) in [6.07, 6.45) is 3.21. The third kappa shape index (κ3) is 5.22. The smallest absolute Gasteiger partial charge is 0.248 e. The van der Waals surface area contributed by atoms with Gasteiger partial charge in [0.2, 0.25) is 5.91 Å². The zero-order chi connectivity index (χ0) is 18.9. The van der Waals surface area contributed by atoms with Gasteiger partial charge < -0.3 is 14.8 Å². The molecule has 0 aliphatic heterocycles. The van der Waals surface area contributed by atoms with Gasteiger partial charge in [0.25, 0.3) is 0 Å². The average molecular weight is 359 g/mol. The van der Waals surface area contributed by atoms with Crippen molar-refractivity contribution >= 4 is 17.7 Å². The molecule has 0 aliphatic rings. The van der Waals surface area contributed by atoms with E-state index in [0.29, 0.717) is 18.1 Å². The number of ether oxygens (including phenoxy) is 2. The fraction of sp³-hybridized carbons (Fsp3) is 0.0870. The first-order valence-corrected chi connectivity index (χ1v) is 8.64. The Morgan fingerprint density at radius 1 is 0.926 bits per heavy atom. The van der Waals surface area contributed by atoms with Crippen molar-refractivity contribution in [2.45, 2.75) is 6.61 Å². The Hall–Kier alpha value is -3.53. The van der Waals surface area contributed by atoms with E-state index in [-0.39, 0.29) is 5.91 Å². The van der Waals surface area contributed by atoms with Crippen LogP contribution in [0, 0.1) is 0 Å². The third-order valence-electron chi connectivity index (χ3n) is 3.91. The molecule has 4 nitrogen and oxygen atoms in total. The van der Waals surface area contributed by atoms with Crippen molar-refractivity contribution in [3.63, 3.8) is 0 Å². The molecule has 3 rings (SSSR count). The number of hydrogen-bond acceptors (Lipinski definition) is 3. The molecule has 3 aromatic rings. The molecule has 1 amide bonds. The molecule has 0 fully saturated rings. The molecular formula is C23H21NO3. The van der Waals surface area contributed by atoms with Gasteiger partial charge in [-0.25, -0.2) is 0 Å². The summed E-state index contributed by atoms with van der Waals surface area (Å²) in [4.78, 5) is 12.2. The van der Waals surface area contributed by atoms with E-state index in [1.54, 1.807) is 13.2 Å². The lowest BCUT2D eigenvalue weighted by molar-refractivity contribution is -0.111. The largest absolute Gasteiger partial charge is 0.493 e. The van der Waals surface area contributed by atoms with Crippen molar-refractivity contribution in [3.8, 4) is 11.5 Å². The van der Waals surface area contributed by atoms with Gasteiger partial charge in [-0.3, -0.25) is 4.79 Å². The van der Waals surface area contributed by atoms with Gasteiger partial charge in [-0.1, -0.05) is 60.7 Å². The molecule has 4 heteroatoms. The first-order chi connectivity index (χ1) is 13.3. The number of rotatable bonds is 7. The van der Waals surface area contributed by atoms with Gasteiger partial charge in [-0.2, -0.15) is 0 Å². The van der Waals surface area contributed by atoms with E-state index in [2.05, 4.69) is 5.32 Å². The number of carbonyl (C=O) groups excluding carboxylic acids is 1. The van der Waals surface area contributed by atoms with Crippen molar-refractivity contribution < 1.29 is 14.3 Å². The number of methoxy groups -OCH3 is 1. The molecule has 136 valence electrons. The molecule has 0 saturated heterocycles. The monoisotopic (exact) mass is 359 g/mol. The van der Waals surface area contributed by atoms with Crippen LogP contribution in [-0.4, -0.2) is 13.0 Å². The predicted molar refractivity (Wildman–Crippen MR) is 108 cm³/mol. The van der Waals surface area contributed by atoms with E-state index in [1.165, 1.54) is 6.08 Å². The summed E-state index contributed by atoms with van der Waals surface area (Å²) >= 11 is 0. The first kappa shape index (κ1) is 18.3. The number of anilines is 1. The number of para-hydroxylation sites is 2. The summed E-state index contributed by atoms with van der Waals surface area (Å²) in [6.45, 7) is 0.415. The highest BCUT2D eigenvalue weighted by Gasteiger charge is 2.09. The fourth-order valence-corrected chi connectivity index (χ4v) is 2.58. The predicted octanol–water partition coefficient (Wildman–Crippen LogP) is 4.93. The molecule has 0 radical (unpaired) electrons. The summed E-state index contributed by atoms with van der Waals surface area (Å²) in [7, 11) is 1.60. The molecule has 0 spiro atoms. The fourth-order valence-electron chi connectivity index (χ4n) is 2.58. The number of nitrogens with one attached hydrogen (secondary N) is 1. The average Bonchev–Trinajstić information content (AvgIpc) is 2.72. The zero-order valence-electron chi connectivity index (χ0n) is 15.1. The van der Waals surface area contributed by atoms with E-state index < -0.39 is 0 Å². The highest BCUT2D eigenvalue weighted by Crippen LogP contribution is 2.32. The minimum Gasteiger partial charge on any atom is -0.493 e. The first-order valence-electron chi connectivity index (χ1n) is 8.64. The summed E-state index contributed by atoms with van der Waals surface area (Å²) in [5, 5.41) is 2.82. The minimum absolute atomic E-state index is 0.210. The molecule has 3 aromatic carbocycles. The van der Waals surface area contributed by atoms with Crippen molar-refractivity contribution in [2.24, 2.45) is 0 Å². The standard InChI is InChI=1S/C23H21NO3/c1-26-21-14-8-11-19(23(21)27-17-18-9-4-2-5-10-18)15-16-22(25)24-20-12-6-3-7-13-20/h2-16H,17H2,1H3,(H,24,25)/b16-15+. The lowest BCUT2D eigenvalue weighted by atomic mass is 10.1. The van der Waals surface area contributed by atoms with E-state index in [1.807, 2.05) is 78.9 Å².